The van der Waals surface area contributed by atoms with Crippen molar-refractivity contribution in [3.8, 4) is 5.75 Å². The molecule has 2 unspecified atom stereocenters. The van der Waals surface area contributed by atoms with E-state index in [1.807, 2.05) is 0 Å². The van der Waals surface area contributed by atoms with Crippen molar-refractivity contribution < 1.29 is 4.74 Å². The molecule has 0 aliphatic heterocycles. The SMILES string of the molecule is COc1ccc2c(c1)C(NC(CC(C)C)CN(C)C)CC2. The summed E-state index contributed by atoms with van der Waals surface area (Å²) in [6.45, 7) is 5.69. The first-order valence-corrected chi connectivity index (χ1v) is 8.07. The van der Waals surface area contributed by atoms with E-state index in [1.165, 1.54) is 30.4 Å². The van der Waals surface area contributed by atoms with Crippen molar-refractivity contribution in [3.63, 3.8) is 0 Å². The van der Waals surface area contributed by atoms with E-state index < -0.39 is 0 Å². The molecule has 0 radical (unpaired) electrons. The van der Waals surface area contributed by atoms with Crippen molar-refractivity contribution in [2.45, 2.75) is 45.2 Å². The Bertz CT molecular complexity index is 447. The maximum absolute atomic E-state index is 5.39. The number of benzene rings is 1. The molecule has 0 bridgehead atoms. The fourth-order valence-corrected chi connectivity index (χ4v) is 3.37. The van der Waals surface area contributed by atoms with Crippen LogP contribution in [0.4, 0.5) is 0 Å². The summed E-state index contributed by atoms with van der Waals surface area (Å²) in [6, 6.07) is 7.52. The van der Waals surface area contributed by atoms with Crippen molar-refractivity contribution in [1.82, 2.24) is 10.2 Å². The van der Waals surface area contributed by atoms with E-state index in [-0.39, 0.29) is 0 Å². The fraction of sp³-hybridized carbons (Fsp3) is 0.667. The number of nitrogens with zero attached hydrogens (tertiary/aromatic N) is 1. The Hall–Kier alpha value is -1.06. The van der Waals surface area contributed by atoms with Crippen LogP contribution in [0, 0.1) is 5.92 Å². The molecule has 1 aliphatic carbocycles. The van der Waals surface area contributed by atoms with E-state index >= 15 is 0 Å². The van der Waals surface area contributed by atoms with Crippen LogP contribution in [0.1, 0.15) is 43.9 Å². The molecule has 0 saturated carbocycles. The molecule has 1 N–H and O–H groups in total. The van der Waals surface area contributed by atoms with Gasteiger partial charge < -0.3 is 15.0 Å². The Labute approximate surface area is 129 Å². The first-order valence-electron chi connectivity index (χ1n) is 8.07. The summed E-state index contributed by atoms with van der Waals surface area (Å²) in [6.07, 6.45) is 3.59. The quantitative estimate of drug-likeness (QED) is 0.834. The van der Waals surface area contributed by atoms with Crippen molar-refractivity contribution in [2.75, 3.05) is 27.7 Å². The highest BCUT2D eigenvalue weighted by molar-refractivity contribution is 5.40. The molecule has 0 heterocycles. The molecule has 0 aromatic heterocycles. The van der Waals surface area contributed by atoms with Crippen LogP contribution in [0.3, 0.4) is 0 Å². The Morgan fingerprint density at radius 1 is 1.33 bits per heavy atom. The van der Waals surface area contributed by atoms with Crippen LogP contribution in [0.15, 0.2) is 18.2 Å². The van der Waals surface area contributed by atoms with E-state index in [4.69, 9.17) is 4.74 Å². The predicted molar refractivity (Wildman–Crippen MR) is 89.0 cm³/mol. The maximum atomic E-state index is 5.39. The largest absolute Gasteiger partial charge is 0.497 e. The zero-order chi connectivity index (χ0) is 15.4. The molecule has 118 valence electrons. The third-order valence-corrected chi connectivity index (χ3v) is 4.21. The molecule has 3 heteroatoms. The minimum absolute atomic E-state index is 0.471. The van der Waals surface area contributed by atoms with Gasteiger partial charge >= 0.3 is 0 Å². The number of ether oxygens (including phenoxy) is 1. The summed E-state index contributed by atoms with van der Waals surface area (Å²) in [5.74, 6) is 1.68. The van der Waals surface area contributed by atoms with E-state index in [2.05, 4.69) is 56.4 Å². The lowest BCUT2D eigenvalue weighted by atomic mass is 10.0. The van der Waals surface area contributed by atoms with Crippen LogP contribution in [-0.4, -0.2) is 38.7 Å². The number of hydrogen-bond donors (Lipinski definition) is 1. The highest BCUT2D eigenvalue weighted by Gasteiger charge is 2.25. The zero-order valence-corrected chi connectivity index (χ0v) is 14.1. The smallest absolute Gasteiger partial charge is 0.119 e. The number of hydrogen-bond acceptors (Lipinski definition) is 3. The second kappa shape index (κ2) is 7.28. The van der Waals surface area contributed by atoms with Crippen LogP contribution in [-0.2, 0) is 6.42 Å². The van der Waals surface area contributed by atoms with Gasteiger partial charge in [-0.2, -0.15) is 0 Å². The van der Waals surface area contributed by atoms with Gasteiger partial charge in [0, 0.05) is 18.6 Å². The topological polar surface area (TPSA) is 24.5 Å². The number of rotatable bonds is 7. The Morgan fingerprint density at radius 3 is 2.71 bits per heavy atom. The van der Waals surface area contributed by atoms with Crippen LogP contribution >= 0.6 is 0 Å². The lowest BCUT2D eigenvalue weighted by Gasteiger charge is -2.28. The fourth-order valence-electron chi connectivity index (χ4n) is 3.37. The predicted octanol–water partition coefficient (Wildman–Crippen LogP) is 3.25. The highest BCUT2D eigenvalue weighted by atomic mass is 16.5. The molecule has 0 saturated heterocycles. The van der Waals surface area contributed by atoms with Crippen molar-refractivity contribution in [1.29, 1.82) is 0 Å². The summed E-state index contributed by atoms with van der Waals surface area (Å²) >= 11 is 0. The molecule has 1 aromatic carbocycles. The number of methoxy groups -OCH3 is 1. The van der Waals surface area contributed by atoms with Gasteiger partial charge in [-0.25, -0.2) is 0 Å². The van der Waals surface area contributed by atoms with Gasteiger partial charge in [0.15, 0.2) is 0 Å². The second-order valence-corrected chi connectivity index (χ2v) is 6.91. The average molecular weight is 290 g/mol. The van der Waals surface area contributed by atoms with Crippen LogP contribution < -0.4 is 10.1 Å². The molecule has 1 aliphatic rings. The van der Waals surface area contributed by atoms with Gasteiger partial charge in [-0.1, -0.05) is 19.9 Å². The lowest BCUT2D eigenvalue weighted by molar-refractivity contribution is 0.285. The van der Waals surface area contributed by atoms with Crippen molar-refractivity contribution in [2.24, 2.45) is 5.92 Å². The van der Waals surface area contributed by atoms with Crippen molar-refractivity contribution in [3.05, 3.63) is 29.3 Å². The molecule has 3 nitrogen and oxygen atoms in total. The summed E-state index contributed by atoms with van der Waals surface area (Å²) in [5, 5.41) is 3.89. The van der Waals surface area contributed by atoms with Gasteiger partial charge in [0.05, 0.1) is 7.11 Å². The molecule has 1 aromatic rings. The minimum atomic E-state index is 0.471. The van der Waals surface area contributed by atoms with Crippen molar-refractivity contribution >= 4 is 0 Å². The summed E-state index contributed by atoms with van der Waals surface area (Å²) in [4.78, 5) is 2.28. The molecular weight excluding hydrogens is 260 g/mol. The zero-order valence-electron chi connectivity index (χ0n) is 14.1. The molecule has 0 amide bonds. The second-order valence-electron chi connectivity index (χ2n) is 6.91. The highest BCUT2D eigenvalue weighted by Crippen LogP contribution is 2.34. The Kier molecular flexibility index (Phi) is 5.65. The molecular formula is C18H30N2O. The van der Waals surface area contributed by atoms with Crippen LogP contribution in [0.25, 0.3) is 0 Å². The molecule has 0 spiro atoms. The first-order chi connectivity index (χ1) is 9.99. The number of aryl methyl sites for hydroxylation is 1. The third kappa shape index (κ3) is 4.45. The van der Waals surface area contributed by atoms with Gasteiger partial charge in [0.2, 0.25) is 0 Å². The van der Waals surface area contributed by atoms with Gasteiger partial charge in [-0.3, -0.25) is 0 Å². The molecule has 0 fully saturated rings. The van der Waals surface area contributed by atoms with Gasteiger partial charge in [0.25, 0.3) is 0 Å². The molecule has 2 atom stereocenters. The Morgan fingerprint density at radius 2 is 2.10 bits per heavy atom. The van der Waals surface area contributed by atoms with Gasteiger partial charge in [0.1, 0.15) is 5.75 Å². The average Bonchev–Trinajstić information content (AvgIpc) is 2.79. The van der Waals surface area contributed by atoms with E-state index in [0.29, 0.717) is 18.0 Å². The Balaban J connectivity index is 2.09. The van der Waals surface area contributed by atoms with Crippen LogP contribution in [0.2, 0.25) is 0 Å². The molecule has 21 heavy (non-hydrogen) atoms. The summed E-state index contributed by atoms with van der Waals surface area (Å²) in [5.41, 5.74) is 2.91. The van der Waals surface area contributed by atoms with Crippen LogP contribution in [0.5, 0.6) is 5.75 Å². The summed E-state index contributed by atoms with van der Waals surface area (Å²) < 4.78 is 5.39. The number of nitrogens with one attached hydrogen (secondary N) is 1. The van der Waals surface area contributed by atoms with E-state index in [0.717, 1.165) is 12.3 Å². The maximum Gasteiger partial charge on any atom is 0.119 e. The standard InChI is InChI=1S/C18H30N2O/c1-13(2)10-15(12-20(3)4)19-18-9-7-14-6-8-16(21-5)11-17(14)18/h6,8,11,13,15,18-19H,7,9-10,12H2,1-5H3. The minimum Gasteiger partial charge on any atom is -0.497 e. The van der Waals surface area contributed by atoms with E-state index in [1.54, 1.807) is 7.11 Å². The normalized spacial score (nSPS) is 19.1. The number of fused-ring (bicyclic) bond motifs is 1. The van der Waals surface area contributed by atoms with Gasteiger partial charge in [-0.15, -0.1) is 0 Å². The first kappa shape index (κ1) is 16.3. The monoisotopic (exact) mass is 290 g/mol. The lowest BCUT2D eigenvalue weighted by Crippen LogP contribution is -2.40. The number of likely N-dealkylation sites (N-methyl/N-ethyl adjacent to an activating group) is 1. The summed E-state index contributed by atoms with van der Waals surface area (Å²) in [7, 11) is 6.05. The third-order valence-electron chi connectivity index (χ3n) is 4.21. The van der Waals surface area contributed by atoms with E-state index in [9.17, 15) is 0 Å². The van der Waals surface area contributed by atoms with Gasteiger partial charge in [-0.05, 0) is 62.5 Å². The molecule has 2 rings (SSSR count).